The minimum atomic E-state index is -3.41. The third-order valence-corrected chi connectivity index (χ3v) is 4.97. The lowest BCUT2D eigenvalue weighted by molar-refractivity contribution is 0.316. The second-order valence-electron chi connectivity index (χ2n) is 4.92. The predicted molar refractivity (Wildman–Crippen MR) is 80.7 cm³/mol. The zero-order valence-corrected chi connectivity index (χ0v) is 13.1. The highest BCUT2D eigenvalue weighted by molar-refractivity contribution is 7.89. The van der Waals surface area contributed by atoms with Crippen LogP contribution < -0.4 is 9.46 Å². The maximum Gasteiger partial charge on any atom is 0.212 e. The molecular formula is C14H17ClN2O3S. The van der Waals surface area contributed by atoms with E-state index in [1.807, 2.05) is 6.07 Å². The summed E-state index contributed by atoms with van der Waals surface area (Å²) >= 11 is 5.95. The van der Waals surface area contributed by atoms with E-state index in [0.717, 1.165) is 12.0 Å². The summed E-state index contributed by atoms with van der Waals surface area (Å²) in [6, 6.07) is 6.87. The quantitative estimate of drug-likeness (QED) is 0.843. The van der Waals surface area contributed by atoms with Crippen molar-refractivity contribution in [3.05, 3.63) is 28.8 Å². The molecule has 5 nitrogen and oxygen atoms in total. The smallest absolute Gasteiger partial charge is 0.212 e. The number of nitrogens with zero attached hydrogens (tertiary/aromatic N) is 1. The lowest BCUT2D eigenvalue weighted by Gasteiger charge is -2.18. The average Bonchev–Trinajstić information content (AvgIpc) is 2.60. The van der Waals surface area contributed by atoms with Crippen molar-refractivity contribution >= 4 is 21.6 Å². The van der Waals surface area contributed by atoms with Crippen LogP contribution in [0.5, 0.6) is 5.75 Å². The highest BCUT2D eigenvalue weighted by atomic mass is 35.5. The van der Waals surface area contributed by atoms with Crippen molar-refractivity contribution < 1.29 is 13.2 Å². The molecule has 0 saturated heterocycles. The van der Waals surface area contributed by atoms with Gasteiger partial charge >= 0.3 is 0 Å². The lowest BCUT2D eigenvalue weighted by atomic mass is 10.0. The van der Waals surface area contributed by atoms with E-state index in [4.69, 9.17) is 21.6 Å². The highest BCUT2D eigenvalue weighted by Crippen LogP contribution is 2.34. The molecule has 7 heteroatoms. The second-order valence-corrected chi connectivity index (χ2v) is 7.23. The van der Waals surface area contributed by atoms with E-state index in [-0.39, 0.29) is 18.2 Å². The predicted octanol–water partition coefficient (Wildman–Crippen LogP) is 2.78. The average molecular weight is 329 g/mol. The fourth-order valence-corrected chi connectivity index (χ4v) is 3.77. The largest absolute Gasteiger partial charge is 0.493 e. The summed E-state index contributed by atoms with van der Waals surface area (Å²) in [6.07, 6.45) is 2.01. The molecule has 114 valence electrons. The van der Waals surface area contributed by atoms with Crippen molar-refractivity contribution in [2.45, 2.75) is 31.7 Å². The number of benzene rings is 1. The zero-order valence-electron chi connectivity index (χ0n) is 11.5. The maximum absolute atomic E-state index is 12.1. The van der Waals surface area contributed by atoms with Crippen molar-refractivity contribution in [2.24, 2.45) is 0 Å². The van der Waals surface area contributed by atoms with Gasteiger partial charge in [-0.2, -0.15) is 5.26 Å². The van der Waals surface area contributed by atoms with Gasteiger partial charge in [-0.25, -0.2) is 13.1 Å². The molecular weight excluding hydrogens is 312 g/mol. The molecule has 0 unspecified atom stereocenters. The third kappa shape index (κ3) is 4.60. The Labute approximate surface area is 129 Å². The molecule has 1 aromatic carbocycles. The molecule has 21 heavy (non-hydrogen) atoms. The lowest BCUT2D eigenvalue weighted by Crippen LogP contribution is -2.30. The van der Waals surface area contributed by atoms with Gasteiger partial charge in [-0.1, -0.05) is 17.7 Å². The van der Waals surface area contributed by atoms with Crippen LogP contribution in [-0.2, 0) is 10.0 Å². The first-order valence-electron chi connectivity index (χ1n) is 6.81. The molecule has 0 bridgehead atoms. The standard InChI is InChI=1S/C14H17ClN2O3S/c15-11-5-6-12-13(4-3-8-20-14(12)10-11)17-21(18,19)9-2-1-7-16/h5-6,10,13,17H,1-4,8-9H2/t13-/m0/s1. The summed E-state index contributed by atoms with van der Waals surface area (Å²) in [5, 5.41) is 9.04. The van der Waals surface area contributed by atoms with Gasteiger partial charge in [-0.05, 0) is 31.4 Å². The number of fused-ring (bicyclic) bond motifs is 1. The summed E-state index contributed by atoms with van der Waals surface area (Å²) < 4.78 is 32.5. The number of ether oxygens (including phenoxy) is 1. The van der Waals surface area contributed by atoms with Crippen molar-refractivity contribution in [1.82, 2.24) is 4.72 Å². The van der Waals surface area contributed by atoms with E-state index >= 15 is 0 Å². The highest BCUT2D eigenvalue weighted by Gasteiger charge is 2.24. The van der Waals surface area contributed by atoms with Gasteiger partial charge in [0.05, 0.1) is 24.5 Å². The maximum atomic E-state index is 12.1. The third-order valence-electron chi connectivity index (χ3n) is 3.27. The van der Waals surface area contributed by atoms with Crippen LogP contribution in [0.3, 0.4) is 0 Å². The number of hydrogen-bond donors (Lipinski definition) is 1. The van der Waals surface area contributed by atoms with Gasteiger partial charge < -0.3 is 4.74 Å². The van der Waals surface area contributed by atoms with Crippen LogP contribution in [0.25, 0.3) is 0 Å². The van der Waals surface area contributed by atoms with Crippen LogP contribution in [0, 0.1) is 11.3 Å². The first-order chi connectivity index (χ1) is 10.0. The van der Waals surface area contributed by atoms with Crippen LogP contribution in [0.15, 0.2) is 18.2 Å². The number of rotatable bonds is 5. The van der Waals surface area contributed by atoms with E-state index in [0.29, 0.717) is 30.2 Å². The molecule has 0 aliphatic carbocycles. The monoisotopic (exact) mass is 328 g/mol. The van der Waals surface area contributed by atoms with E-state index < -0.39 is 10.0 Å². The first kappa shape index (κ1) is 16.1. The van der Waals surface area contributed by atoms with Crippen LogP contribution >= 0.6 is 11.6 Å². The Morgan fingerprint density at radius 3 is 3.05 bits per heavy atom. The summed E-state index contributed by atoms with van der Waals surface area (Å²) in [7, 11) is -3.41. The normalized spacial score (nSPS) is 18.2. The SMILES string of the molecule is N#CCCCS(=O)(=O)N[C@H]1CCCOc2cc(Cl)ccc21. The Hall–Kier alpha value is -1.29. The Morgan fingerprint density at radius 2 is 2.29 bits per heavy atom. The first-order valence-corrected chi connectivity index (χ1v) is 8.84. The molecule has 0 saturated carbocycles. The number of nitrogens with one attached hydrogen (secondary N) is 1. The minimum absolute atomic E-state index is 0.0408. The van der Waals surface area contributed by atoms with Crippen molar-refractivity contribution in [1.29, 1.82) is 5.26 Å². The number of nitriles is 1. The fraction of sp³-hybridized carbons (Fsp3) is 0.500. The molecule has 2 rings (SSSR count). The van der Waals surface area contributed by atoms with Gasteiger partial charge in [-0.15, -0.1) is 0 Å². The van der Waals surface area contributed by atoms with Gasteiger partial charge in [0.1, 0.15) is 5.75 Å². The van der Waals surface area contributed by atoms with Gasteiger partial charge in [-0.3, -0.25) is 0 Å². The van der Waals surface area contributed by atoms with Crippen molar-refractivity contribution in [3.8, 4) is 11.8 Å². The van der Waals surface area contributed by atoms with Crippen molar-refractivity contribution in [2.75, 3.05) is 12.4 Å². The van der Waals surface area contributed by atoms with Gasteiger partial charge in [0.2, 0.25) is 10.0 Å². The fourth-order valence-electron chi connectivity index (χ4n) is 2.29. The molecule has 0 spiro atoms. The van der Waals surface area contributed by atoms with Crippen LogP contribution in [0.2, 0.25) is 5.02 Å². The molecule has 1 atom stereocenters. The molecule has 1 aromatic rings. The van der Waals surface area contributed by atoms with E-state index in [1.54, 1.807) is 18.2 Å². The molecule has 1 N–H and O–H groups in total. The van der Waals surface area contributed by atoms with Crippen LogP contribution in [0.1, 0.15) is 37.3 Å². The second kappa shape index (κ2) is 7.12. The minimum Gasteiger partial charge on any atom is -0.493 e. The molecule has 0 radical (unpaired) electrons. The van der Waals surface area contributed by atoms with Gasteiger partial charge in [0, 0.05) is 17.0 Å². The van der Waals surface area contributed by atoms with Gasteiger partial charge in [0.25, 0.3) is 0 Å². The Kier molecular flexibility index (Phi) is 5.45. The summed E-state index contributed by atoms with van der Waals surface area (Å²) in [5.74, 6) is 0.589. The summed E-state index contributed by atoms with van der Waals surface area (Å²) in [6.45, 7) is 0.542. The van der Waals surface area contributed by atoms with Crippen LogP contribution in [-0.4, -0.2) is 20.8 Å². The molecule has 1 heterocycles. The zero-order chi connectivity index (χ0) is 15.3. The van der Waals surface area contributed by atoms with E-state index in [2.05, 4.69) is 4.72 Å². The van der Waals surface area contributed by atoms with E-state index in [1.165, 1.54) is 0 Å². The van der Waals surface area contributed by atoms with Crippen LogP contribution in [0.4, 0.5) is 0 Å². The summed E-state index contributed by atoms with van der Waals surface area (Å²) in [5.41, 5.74) is 0.806. The Morgan fingerprint density at radius 1 is 1.48 bits per heavy atom. The summed E-state index contributed by atoms with van der Waals surface area (Å²) in [4.78, 5) is 0. The van der Waals surface area contributed by atoms with E-state index in [9.17, 15) is 8.42 Å². The number of hydrogen-bond acceptors (Lipinski definition) is 4. The topological polar surface area (TPSA) is 79.2 Å². The molecule has 1 aliphatic rings. The van der Waals surface area contributed by atoms with Crippen molar-refractivity contribution in [3.63, 3.8) is 0 Å². The number of halogens is 1. The Bertz CT molecular complexity index is 640. The number of unbranched alkanes of at least 4 members (excludes halogenated alkanes) is 1. The molecule has 0 aromatic heterocycles. The number of sulfonamides is 1. The van der Waals surface area contributed by atoms with Gasteiger partial charge in [0.15, 0.2) is 0 Å². The Balaban J connectivity index is 2.15. The molecule has 0 amide bonds. The molecule has 1 aliphatic heterocycles. The molecule has 0 fully saturated rings.